The highest BCUT2D eigenvalue weighted by atomic mass is 32.1. The summed E-state index contributed by atoms with van der Waals surface area (Å²) in [6.07, 6.45) is 2.23. The van der Waals surface area contributed by atoms with Crippen molar-refractivity contribution in [3.8, 4) is 0 Å². The van der Waals surface area contributed by atoms with Gasteiger partial charge in [-0.3, -0.25) is 0 Å². The number of hydrogen-bond acceptors (Lipinski definition) is 3. The van der Waals surface area contributed by atoms with Gasteiger partial charge in [0, 0.05) is 16.8 Å². The summed E-state index contributed by atoms with van der Waals surface area (Å²) in [5, 5.41) is 4.73. The first kappa shape index (κ1) is 13.7. The van der Waals surface area contributed by atoms with Gasteiger partial charge in [0.15, 0.2) is 0 Å². The normalized spacial score (nSPS) is 12.1. The lowest BCUT2D eigenvalue weighted by atomic mass is 9.91. The lowest BCUT2D eigenvalue weighted by Crippen LogP contribution is -2.19. The quantitative estimate of drug-likeness (QED) is 0.797. The number of aromatic nitrogens is 1. The van der Waals surface area contributed by atoms with Crippen molar-refractivity contribution in [2.24, 2.45) is 0 Å². The van der Waals surface area contributed by atoms with Crippen LogP contribution >= 0.6 is 11.3 Å². The number of thiazole rings is 1. The zero-order valence-electron chi connectivity index (χ0n) is 11.2. The Morgan fingerprint density at radius 1 is 1.25 bits per heavy atom. The van der Waals surface area contributed by atoms with Gasteiger partial charge in [-0.1, -0.05) is 34.6 Å². The molecule has 1 rings (SSSR count). The molecule has 0 fully saturated rings. The molecule has 0 aliphatic carbocycles. The molecule has 0 atom stereocenters. The second-order valence-corrected chi connectivity index (χ2v) is 6.33. The van der Waals surface area contributed by atoms with Gasteiger partial charge in [-0.15, -0.1) is 11.3 Å². The third-order valence-corrected chi connectivity index (χ3v) is 3.67. The molecule has 1 N–H and O–H groups in total. The van der Waals surface area contributed by atoms with E-state index in [1.54, 1.807) is 0 Å². The minimum absolute atomic E-state index is 0.160. The van der Waals surface area contributed by atoms with Crippen LogP contribution in [0.5, 0.6) is 0 Å². The SMILES string of the molecule is CCCNCc1sc(CC)nc1C(C)(C)C. The second-order valence-electron chi connectivity index (χ2n) is 5.16. The number of aryl methyl sites for hydroxylation is 1. The molecule has 0 saturated heterocycles. The fourth-order valence-corrected chi connectivity index (χ4v) is 2.82. The number of hydrogen-bond donors (Lipinski definition) is 1. The molecular weight excluding hydrogens is 216 g/mol. The lowest BCUT2D eigenvalue weighted by Gasteiger charge is -2.17. The maximum Gasteiger partial charge on any atom is 0.0929 e. The van der Waals surface area contributed by atoms with E-state index in [0.717, 1.165) is 19.5 Å². The smallest absolute Gasteiger partial charge is 0.0929 e. The predicted octanol–water partition coefficient (Wildman–Crippen LogP) is 3.50. The summed E-state index contributed by atoms with van der Waals surface area (Å²) in [7, 11) is 0. The number of rotatable bonds is 5. The van der Waals surface area contributed by atoms with Crippen LogP contribution in [-0.4, -0.2) is 11.5 Å². The fourth-order valence-electron chi connectivity index (χ4n) is 1.64. The van der Waals surface area contributed by atoms with Gasteiger partial charge in [-0.05, 0) is 19.4 Å². The largest absolute Gasteiger partial charge is 0.312 e. The van der Waals surface area contributed by atoms with Gasteiger partial charge in [0.05, 0.1) is 10.7 Å². The molecule has 0 bridgehead atoms. The predicted molar refractivity (Wildman–Crippen MR) is 72.2 cm³/mol. The van der Waals surface area contributed by atoms with Crippen LogP contribution < -0.4 is 5.32 Å². The van der Waals surface area contributed by atoms with Gasteiger partial charge in [0.2, 0.25) is 0 Å². The molecule has 0 amide bonds. The van der Waals surface area contributed by atoms with Crippen LogP contribution in [0.3, 0.4) is 0 Å². The summed E-state index contributed by atoms with van der Waals surface area (Å²) >= 11 is 1.86. The molecule has 1 aromatic heterocycles. The molecule has 1 aromatic rings. The van der Waals surface area contributed by atoms with E-state index < -0.39 is 0 Å². The molecule has 0 unspecified atom stereocenters. The second kappa shape index (κ2) is 5.78. The molecule has 0 saturated carbocycles. The molecule has 0 aliphatic heterocycles. The van der Waals surface area contributed by atoms with Crippen LogP contribution in [0, 0.1) is 0 Å². The van der Waals surface area contributed by atoms with E-state index >= 15 is 0 Å². The monoisotopic (exact) mass is 240 g/mol. The standard InChI is InChI=1S/C13H24N2S/c1-6-8-14-9-10-12(13(3,4)5)15-11(7-2)16-10/h14H,6-9H2,1-5H3. The lowest BCUT2D eigenvalue weighted by molar-refractivity contribution is 0.557. The van der Waals surface area contributed by atoms with Crippen LogP contribution in [0.15, 0.2) is 0 Å². The Labute approximate surface area is 103 Å². The van der Waals surface area contributed by atoms with Crippen molar-refractivity contribution in [1.29, 1.82) is 0 Å². The zero-order valence-corrected chi connectivity index (χ0v) is 12.0. The van der Waals surface area contributed by atoms with E-state index in [9.17, 15) is 0 Å². The fraction of sp³-hybridized carbons (Fsp3) is 0.769. The minimum atomic E-state index is 0.160. The van der Waals surface area contributed by atoms with E-state index in [2.05, 4.69) is 39.9 Å². The summed E-state index contributed by atoms with van der Waals surface area (Å²) < 4.78 is 0. The Bertz CT molecular complexity index is 323. The number of nitrogens with one attached hydrogen (secondary N) is 1. The average molecular weight is 240 g/mol. The van der Waals surface area contributed by atoms with E-state index in [-0.39, 0.29) is 5.41 Å². The van der Waals surface area contributed by atoms with Crippen molar-refractivity contribution in [3.05, 3.63) is 15.6 Å². The van der Waals surface area contributed by atoms with E-state index in [4.69, 9.17) is 4.98 Å². The first-order valence-electron chi connectivity index (χ1n) is 6.18. The molecule has 0 radical (unpaired) electrons. The van der Waals surface area contributed by atoms with Gasteiger partial charge in [-0.2, -0.15) is 0 Å². The van der Waals surface area contributed by atoms with Gasteiger partial charge < -0.3 is 5.32 Å². The molecule has 2 nitrogen and oxygen atoms in total. The zero-order chi connectivity index (χ0) is 12.2. The average Bonchev–Trinajstić information content (AvgIpc) is 2.61. The molecule has 0 aliphatic rings. The highest BCUT2D eigenvalue weighted by Crippen LogP contribution is 2.29. The summed E-state index contributed by atoms with van der Waals surface area (Å²) in [4.78, 5) is 6.17. The molecule has 3 heteroatoms. The molecule has 0 spiro atoms. The minimum Gasteiger partial charge on any atom is -0.312 e. The Morgan fingerprint density at radius 2 is 1.94 bits per heavy atom. The van der Waals surface area contributed by atoms with Gasteiger partial charge in [0.1, 0.15) is 0 Å². The van der Waals surface area contributed by atoms with Crippen molar-refractivity contribution in [2.75, 3.05) is 6.54 Å². The van der Waals surface area contributed by atoms with Crippen molar-refractivity contribution in [2.45, 2.75) is 59.4 Å². The van der Waals surface area contributed by atoms with Crippen molar-refractivity contribution in [3.63, 3.8) is 0 Å². The summed E-state index contributed by atoms with van der Waals surface area (Å²) in [5.74, 6) is 0. The molecular formula is C13H24N2S. The highest BCUT2D eigenvalue weighted by Gasteiger charge is 2.22. The molecule has 0 aromatic carbocycles. The maximum absolute atomic E-state index is 4.76. The van der Waals surface area contributed by atoms with Crippen LogP contribution in [0.2, 0.25) is 0 Å². The molecule has 92 valence electrons. The third kappa shape index (κ3) is 3.56. The van der Waals surface area contributed by atoms with Crippen LogP contribution in [0.4, 0.5) is 0 Å². The third-order valence-electron chi connectivity index (χ3n) is 2.47. The van der Waals surface area contributed by atoms with E-state index in [1.165, 1.54) is 22.0 Å². The van der Waals surface area contributed by atoms with Crippen LogP contribution in [0.1, 0.15) is 56.6 Å². The summed E-state index contributed by atoms with van der Waals surface area (Å²) in [5.41, 5.74) is 1.44. The first-order valence-corrected chi connectivity index (χ1v) is 7.00. The Hall–Kier alpha value is -0.410. The van der Waals surface area contributed by atoms with Crippen LogP contribution in [0.25, 0.3) is 0 Å². The number of nitrogens with zero attached hydrogens (tertiary/aromatic N) is 1. The highest BCUT2D eigenvalue weighted by molar-refractivity contribution is 7.11. The Balaban J connectivity index is 2.84. The van der Waals surface area contributed by atoms with Crippen molar-refractivity contribution >= 4 is 11.3 Å². The van der Waals surface area contributed by atoms with Gasteiger partial charge >= 0.3 is 0 Å². The van der Waals surface area contributed by atoms with Crippen molar-refractivity contribution in [1.82, 2.24) is 10.3 Å². The molecule has 16 heavy (non-hydrogen) atoms. The van der Waals surface area contributed by atoms with E-state index in [0.29, 0.717) is 0 Å². The summed E-state index contributed by atoms with van der Waals surface area (Å²) in [6.45, 7) is 13.2. The van der Waals surface area contributed by atoms with Gasteiger partial charge in [-0.25, -0.2) is 4.98 Å². The van der Waals surface area contributed by atoms with Gasteiger partial charge in [0.25, 0.3) is 0 Å². The van der Waals surface area contributed by atoms with E-state index in [1.807, 2.05) is 11.3 Å². The Morgan fingerprint density at radius 3 is 2.44 bits per heavy atom. The van der Waals surface area contributed by atoms with Crippen molar-refractivity contribution < 1.29 is 0 Å². The van der Waals surface area contributed by atoms with Crippen LogP contribution in [-0.2, 0) is 18.4 Å². The topological polar surface area (TPSA) is 24.9 Å². The molecule has 1 heterocycles. The summed E-state index contributed by atoms with van der Waals surface area (Å²) in [6, 6.07) is 0. The maximum atomic E-state index is 4.76. The first-order chi connectivity index (χ1) is 7.49. The Kier molecular flexibility index (Phi) is 4.93.